The van der Waals surface area contributed by atoms with E-state index in [9.17, 15) is 9.18 Å². The van der Waals surface area contributed by atoms with Crippen LogP contribution in [0.1, 0.15) is 20.8 Å². The smallest absolute Gasteiger partial charge is 0.263 e. The number of nitrogens with one attached hydrogen (secondary N) is 1. The Morgan fingerprint density at radius 1 is 1.44 bits per heavy atom. The van der Waals surface area contributed by atoms with Gasteiger partial charge in [-0.1, -0.05) is 0 Å². The highest BCUT2D eigenvalue weighted by Crippen LogP contribution is 2.18. The van der Waals surface area contributed by atoms with Gasteiger partial charge in [-0.25, -0.2) is 4.39 Å². The Labute approximate surface area is 106 Å². The molecule has 1 atom stereocenters. The van der Waals surface area contributed by atoms with Gasteiger partial charge in [-0.05, 0) is 45.0 Å². The van der Waals surface area contributed by atoms with Gasteiger partial charge in [0.1, 0.15) is 11.6 Å². The molecule has 2 N–H and O–H groups in total. The third-order valence-corrected chi connectivity index (χ3v) is 2.29. The Morgan fingerprint density at radius 3 is 2.50 bits per heavy atom. The van der Waals surface area contributed by atoms with Crippen LogP contribution < -0.4 is 10.1 Å². The predicted octanol–water partition coefficient (Wildman–Crippen LogP) is 1.48. The summed E-state index contributed by atoms with van der Waals surface area (Å²) >= 11 is 0. The van der Waals surface area contributed by atoms with Crippen molar-refractivity contribution in [1.82, 2.24) is 5.32 Å². The molecule has 0 heterocycles. The summed E-state index contributed by atoms with van der Waals surface area (Å²) in [5.74, 6) is -0.292. The Morgan fingerprint density at radius 2 is 2.00 bits per heavy atom. The second-order valence-corrected chi connectivity index (χ2v) is 4.63. The SMILES string of the molecule is CC(O)CNC(=O)C(C)(C)Oc1ccc(F)cc1. The van der Waals surface area contributed by atoms with Crippen LogP contribution in [0.2, 0.25) is 0 Å². The molecule has 0 saturated carbocycles. The molecule has 1 rings (SSSR count). The van der Waals surface area contributed by atoms with Crippen molar-refractivity contribution in [3.63, 3.8) is 0 Å². The highest BCUT2D eigenvalue weighted by Gasteiger charge is 2.29. The van der Waals surface area contributed by atoms with Gasteiger partial charge in [0, 0.05) is 6.54 Å². The van der Waals surface area contributed by atoms with Crippen molar-refractivity contribution in [2.75, 3.05) is 6.54 Å². The number of halogens is 1. The summed E-state index contributed by atoms with van der Waals surface area (Å²) in [6.45, 7) is 4.95. The van der Waals surface area contributed by atoms with Crippen molar-refractivity contribution in [1.29, 1.82) is 0 Å². The van der Waals surface area contributed by atoms with E-state index in [-0.39, 0.29) is 18.3 Å². The van der Waals surface area contributed by atoms with E-state index in [1.54, 1.807) is 20.8 Å². The van der Waals surface area contributed by atoms with E-state index in [1.807, 2.05) is 0 Å². The number of carbonyl (C=O) groups is 1. The van der Waals surface area contributed by atoms with Gasteiger partial charge in [-0.2, -0.15) is 0 Å². The fraction of sp³-hybridized carbons (Fsp3) is 0.462. The first-order chi connectivity index (χ1) is 8.31. The molecule has 0 saturated heterocycles. The lowest BCUT2D eigenvalue weighted by molar-refractivity contribution is -0.134. The van der Waals surface area contributed by atoms with Crippen LogP contribution in [-0.2, 0) is 4.79 Å². The molecule has 1 aromatic carbocycles. The van der Waals surface area contributed by atoms with Gasteiger partial charge in [0.15, 0.2) is 5.60 Å². The molecule has 0 aliphatic rings. The molecule has 18 heavy (non-hydrogen) atoms. The normalized spacial score (nSPS) is 12.9. The van der Waals surface area contributed by atoms with Gasteiger partial charge in [0.25, 0.3) is 5.91 Å². The molecular weight excluding hydrogens is 237 g/mol. The number of hydrogen-bond donors (Lipinski definition) is 2. The van der Waals surface area contributed by atoms with E-state index < -0.39 is 11.7 Å². The minimum absolute atomic E-state index is 0.162. The first-order valence-corrected chi connectivity index (χ1v) is 5.72. The monoisotopic (exact) mass is 255 g/mol. The van der Waals surface area contributed by atoms with Gasteiger partial charge < -0.3 is 15.2 Å². The van der Waals surface area contributed by atoms with Crippen LogP contribution in [0.15, 0.2) is 24.3 Å². The van der Waals surface area contributed by atoms with Crippen LogP contribution in [0.4, 0.5) is 4.39 Å². The van der Waals surface area contributed by atoms with Gasteiger partial charge in [-0.3, -0.25) is 4.79 Å². The van der Waals surface area contributed by atoms with Crippen molar-refractivity contribution in [2.45, 2.75) is 32.5 Å². The van der Waals surface area contributed by atoms with Crippen LogP contribution in [0.3, 0.4) is 0 Å². The number of aliphatic hydroxyl groups excluding tert-OH is 1. The van der Waals surface area contributed by atoms with Gasteiger partial charge in [-0.15, -0.1) is 0 Å². The second-order valence-electron chi connectivity index (χ2n) is 4.63. The van der Waals surface area contributed by atoms with Crippen LogP contribution in [0.5, 0.6) is 5.75 Å². The van der Waals surface area contributed by atoms with E-state index in [0.717, 1.165) is 0 Å². The van der Waals surface area contributed by atoms with Crippen molar-refractivity contribution in [2.24, 2.45) is 0 Å². The Bertz CT molecular complexity index is 401. The molecule has 0 aliphatic heterocycles. The zero-order valence-electron chi connectivity index (χ0n) is 10.7. The zero-order valence-corrected chi connectivity index (χ0v) is 10.7. The Balaban J connectivity index is 2.63. The summed E-state index contributed by atoms with van der Waals surface area (Å²) in [4.78, 5) is 11.8. The number of aliphatic hydroxyl groups is 1. The molecule has 1 amide bonds. The maximum atomic E-state index is 12.7. The number of benzene rings is 1. The number of amides is 1. The van der Waals surface area contributed by atoms with Crippen LogP contribution >= 0.6 is 0 Å². The molecule has 0 fully saturated rings. The topological polar surface area (TPSA) is 58.6 Å². The van der Waals surface area contributed by atoms with E-state index in [4.69, 9.17) is 9.84 Å². The number of carbonyl (C=O) groups excluding carboxylic acids is 1. The highest BCUT2D eigenvalue weighted by atomic mass is 19.1. The summed E-state index contributed by atoms with van der Waals surface area (Å²) in [5.41, 5.74) is -1.09. The van der Waals surface area contributed by atoms with Gasteiger partial charge >= 0.3 is 0 Å². The van der Waals surface area contributed by atoms with Crippen molar-refractivity contribution in [3.05, 3.63) is 30.1 Å². The Kier molecular flexibility index (Phi) is 4.67. The van der Waals surface area contributed by atoms with Crippen LogP contribution in [0, 0.1) is 5.82 Å². The molecule has 0 spiro atoms. The quantitative estimate of drug-likeness (QED) is 0.838. The Hall–Kier alpha value is -1.62. The fourth-order valence-electron chi connectivity index (χ4n) is 1.30. The average molecular weight is 255 g/mol. The minimum atomic E-state index is -1.09. The summed E-state index contributed by atoms with van der Waals surface area (Å²) in [6.07, 6.45) is -0.615. The molecule has 4 nitrogen and oxygen atoms in total. The average Bonchev–Trinajstić information content (AvgIpc) is 2.28. The van der Waals surface area contributed by atoms with Crippen LogP contribution in [-0.4, -0.2) is 29.3 Å². The summed E-state index contributed by atoms with van der Waals surface area (Å²) < 4.78 is 18.2. The fourth-order valence-corrected chi connectivity index (χ4v) is 1.30. The lowest BCUT2D eigenvalue weighted by atomic mass is 10.1. The number of hydrogen-bond acceptors (Lipinski definition) is 3. The molecule has 0 aliphatic carbocycles. The highest BCUT2D eigenvalue weighted by molar-refractivity contribution is 5.84. The molecule has 1 aromatic rings. The second kappa shape index (κ2) is 5.82. The van der Waals surface area contributed by atoms with E-state index in [2.05, 4.69) is 5.32 Å². The molecule has 0 aromatic heterocycles. The van der Waals surface area contributed by atoms with Crippen LogP contribution in [0.25, 0.3) is 0 Å². The minimum Gasteiger partial charge on any atom is -0.478 e. The molecule has 100 valence electrons. The molecule has 1 unspecified atom stereocenters. The molecule has 0 radical (unpaired) electrons. The first kappa shape index (κ1) is 14.4. The predicted molar refractivity (Wildman–Crippen MR) is 65.8 cm³/mol. The lowest BCUT2D eigenvalue weighted by Gasteiger charge is -2.25. The van der Waals surface area contributed by atoms with E-state index >= 15 is 0 Å². The maximum Gasteiger partial charge on any atom is 0.263 e. The number of ether oxygens (including phenoxy) is 1. The molecular formula is C13H18FNO3. The van der Waals surface area contributed by atoms with Crippen molar-refractivity contribution in [3.8, 4) is 5.75 Å². The summed E-state index contributed by atoms with van der Waals surface area (Å²) in [7, 11) is 0. The van der Waals surface area contributed by atoms with E-state index in [1.165, 1.54) is 24.3 Å². The van der Waals surface area contributed by atoms with Crippen molar-refractivity contribution < 1.29 is 19.0 Å². The van der Waals surface area contributed by atoms with Gasteiger partial charge in [0.05, 0.1) is 6.10 Å². The third-order valence-electron chi connectivity index (χ3n) is 2.29. The molecule has 0 bridgehead atoms. The van der Waals surface area contributed by atoms with Crippen molar-refractivity contribution >= 4 is 5.91 Å². The largest absolute Gasteiger partial charge is 0.478 e. The lowest BCUT2D eigenvalue weighted by Crippen LogP contribution is -2.48. The van der Waals surface area contributed by atoms with Gasteiger partial charge in [0.2, 0.25) is 0 Å². The zero-order chi connectivity index (χ0) is 13.8. The molecule has 5 heteroatoms. The standard InChI is InChI=1S/C13H18FNO3/c1-9(16)8-15-12(17)13(2,3)18-11-6-4-10(14)5-7-11/h4-7,9,16H,8H2,1-3H3,(H,15,17). The maximum absolute atomic E-state index is 12.7. The first-order valence-electron chi connectivity index (χ1n) is 5.72. The third kappa shape index (κ3) is 4.33. The summed E-state index contributed by atoms with van der Waals surface area (Å²) in [6, 6.07) is 5.44. The van der Waals surface area contributed by atoms with E-state index in [0.29, 0.717) is 5.75 Å². The number of rotatable bonds is 5. The summed E-state index contributed by atoms with van der Waals surface area (Å²) in [5, 5.41) is 11.7.